The van der Waals surface area contributed by atoms with Crippen LogP contribution in [0.5, 0.6) is 0 Å². The van der Waals surface area contributed by atoms with Crippen LogP contribution in [0.25, 0.3) is 0 Å². The summed E-state index contributed by atoms with van der Waals surface area (Å²) in [6, 6.07) is 2.02. The number of aromatic nitrogens is 1. The summed E-state index contributed by atoms with van der Waals surface area (Å²) in [6.45, 7) is 2.94. The second kappa shape index (κ2) is 4.82. The number of hydrogen-bond donors (Lipinski definition) is 1. The lowest BCUT2D eigenvalue weighted by Gasteiger charge is -2.20. The van der Waals surface area contributed by atoms with E-state index in [1.165, 1.54) is 5.56 Å². The van der Waals surface area contributed by atoms with Gasteiger partial charge in [-0.3, -0.25) is 4.98 Å². The Morgan fingerprint density at radius 2 is 2.31 bits per heavy atom. The predicted octanol–water partition coefficient (Wildman–Crippen LogP) is 1.07. The van der Waals surface area contributed by atoms with Crippen molar-refractivity contribution in [1.82, 2.24) is 4.98 Å². The zero-order valence-corrected chi connectivity index (χ0v) is 8.20. The van der Waals surface area contributed by atoms with Crippen LogP contribution in [0.1, 0.15) is 12.5 Å². The van der Waals surface area contributed by atoms with Crippen molar-refractivity contribution < 1.29 is 5.11 Å². The Morgan fingerprint density at radius 1 is 1.54 bits per heavy atom. The smallest absolute Gasteiger partial charge is 0.0606 e. The van der Waals surface area contributed by atoms with E-state index in [-0.39, 0.29) is 6.61 Å². The largest absolute Gasteiger partial charge is 0.395 e. The zero-order valence-electron chi connectivity index (χ0n) is 8.20. The molecule has 0 saturated heterocycles. The van der Waals surface area contributed by atoms with E-state index in [4.69, 9.17) is 5.11 Å². The summed E-state index contributed by atoms with van der Waals surface area (Å²) in [5.41, 5.74) is 2.38. The quantitative estimate of drug-likeness (QED) is 0.753. The van der Waals surface area contributed by atoms with E-state index >= 15 is 0 Å². The van der Waals surface area contributed by atoms with Crippen LogP contribution in [-0.2, 0) is 6.42 Å². The minimum absolute atomic E-state index is 0.175. The molecule has 13 heavy (non-hydrogen) atoms. The molecular weight excluding hydrogens is 164 g/mol. The Balaban J connectivity index is 2.85. The number of likely N-dealkylation sites (N-methyl/N-ethyl adjacent to an activating group) is 1. The molecule has 1 aromatic rings. The van der Waals surface area contributed by atoms with Gasteiger partial charge < -0.3 is 10.0 Å². The first-order valence-electron chi connectivity index (χ1n) is 4.54. The highest BCUT2D eigenvalue weighted by Crippen LogP contribution is 2.17. The molecule has 1 aromatic heterocycles. The van der Waals surface area contributed by atoms with Crippen LogP contribution in [0.15, 0.2) is 18.5 Å². The number of rotatable bonds is 4. The number of anilines is 1. The highest BCUT2D eigenvalue weighted by molar-refractivity contribution is 5.50. The highest BCUT2D eigenvalue weighted by atomic mass is 16.3. The molecule has 3 heteroatoms. The van der Waals surface area contributed by atoms with Gasteiger partial charge in [-0.15, -0.1) is 0 Å². The molecule has 0 saturated carbocycles. The minimum atomic E-state index is 0.175. The SMILES string of the molecule is CCc1ccncc1N(C)CCO. The molecule has 1 heterocycles. The van der Waals surface area contributed by atoms with Gasteiger partial charge in [-0.05, 0) is 18.1 Å². The molecule has 72 valence electrons. The molecule has 0 bridgehead atoms. The van der Waals surface area contributed by atoms with Crippen molar-refractivity contribution >= 4 is 5.69 Å². The molecule has 0 aliphatic heterocycles. The van der Waals surface area contributed by atoms with Crippen molar-refractivity contribution in [1.29, 1.82) is 0 Å². The Hall–Kier alpha value is -1.09. The van der Waals surface area contributed by atoms with Crippen molar-refractivity contribution in [3.63, 3.8) is 0 Å². The minimum Gasteiger partial charge on any atom is -0.395 e. The Kier molecular flexibility index (Phi) is 3.71. The standard InChI is InChI=1S/C10H16N2O/c1-3-9-4-5-11-8-10(9)12(2)6-7-13/h4-5,8,13H,3,6-7H2,1-2H3. The van der Waals surface area contributed by atoms with Crippen LogP contribution in [0.4, 0.5) is 5.69 Å². The normalized spacial score (nSPS) is 10.1. The molecule has 0 amide bonds. The van der Waals surface area contributed by atoms with Crippen LogP contribution in [-0.4, -0.2) is 30.3 Å². The number of aliphatic hydroxyl groups excluding tert-OH is 1. The van der Waals surface area contributed by atoms with E-state index in [1.54, 1.807) is 6.20 Å². The summed E-state index contributed by atoms with van der Waals surface area (Å²) in [5, 5.41) is 8.80. The van der Waals surface area contributed by atoms with Crippen molar-refractivity contribution in [3.05, 3.63) is 24.0 Å². The fraction of sp³-hybridized carbons (Fsp3) is 0.500. The van der Waals surface area contributed by atoms with Crippen LogP contribution >= 0.6 is 0 Å². The Bertz CT molecular complexity index is 263. The molecule has 0 radical (unpaired) electrons. The van der Waals surface area contributed by atoms with Crippen molar-refractivity contribution in [2.24, 2.45) is 0 Å². The number of nitrogens with zero attached hydrogens (tertiary/aromatic N) is 2. The summed E-state index contributed by atoms with van der Waals surface area (Å²) in [7, 11) is 1.96. The number of aliphatic hydroxyl groups is 1. The molecule has 1 rings (SSSR count). The average molecular weight is 180 g/mol. The van der Waals surface area contributed by atoms with Gasteiger partial charge in [0.05, 0.1) is 18.5 Å². The van der Waals surface area contributed by atoms with Crippen molar-refractivity contribution in [2.45, 2.75) is 13.3 Å². The van der Waals surface area contributed by atoms with E-state index in [9.17, 15) is 0 Å². The van der Waals surface area contributed by atoms with Crippen LogP contribution in [0, 0.1) is 0 Å². The molecule has 0 unspecified atom stereocenters. The number of hydrogen-bond acceptors (Lipinski definition) is 3. The third-order valence-electron chi connectivity index (χ3n) is 2.12. The Labute approximate surface area is 79.0 Å². The van der Waals surface area contributed by atoms with Gasteiger partial charge in [0.25, 0.3) is 0 Å². The number of pyridine rings is 1. The maximum absolute atomic E-state index is 8.80. The molecule has 3 nitrogen and oxygen atoms in total. The summed E-state index contributed by atoms with van der Waals surface area (Å²) in [5.74, 6) is 0. The van der Waals surface area contributed by atoms with E-state index in [2.05, 4.69) is 11.9 Å². The molecule has 0 aromatic carbocycles. The summed E-state index contributed by atoms with van der Waals surface area (Å²) in [4.78, 5) is 6.09. The first-order chi connectivity index (χ1) is 6.29. The predicted molar refractivity (Wildman–Crippen MR) is 54.0 cm³/mol. The fourth-order valence-corrected chi connectivity index (χ4v) is 1.33. The fourth-order valence-electron chi connectivity index (χ4n) is 1.33. The lowest BCUT2D eigenvalue weighted by atomic mass is 10.1. The summed E-state index contributed by atoms with van der Waals surface area (Å²) >= 11 is 0. The summed E-state index contributed by atoms with van der Waals surface area (Å²) in [6.07, 6.45) is 4.64. The monoisotopic (exact) mass is 180 g/mol. The maximum atomic E-state index is 8.80. The van der Waals surface area contributed by atoms with E-state index < -0.39 is 0 Å². The van der Waals surface area contributed by atoms with Gasteiger partial charge in [-0.25, -0.2) is 0 Å². The first kappa shape index (κ1) is 9.99. The Morgan fingerprint density at radius 3 is 2.92 bits per heavy atom. The van der Waals surface area contributed by atoms with Gasteiger partial charge in [0.1, 0.15) is 0 Å². The third-order valence-corrected chi connectivity index (χ3v) is 2.12. The topological polar surface area (TPSA) is 36.4 Å². The van der Waals surface area contributed by atoms with E-state index in [0.29, 0.717) is 6.54 Å². The van der Waals surface area contributed by atoms with E-state index in [1.807, 2.05) is 24.2 Å². The number of aryl methyl sites for hydroxylation is 1. The third kappa shape index (κ3) is 2.42. The van der Waals surface area contributed by atoms with Crippen LogP contribution in [0.3, 0.4) is 0 Å². The van der Waals surface area contributed by atoms with Gasteiger partial charge in [-0.2, -0.15) is 0 Å². The first-order valence-corrected chi connectivity index (χ1v) is 4.54. The van der Waals surface area contributed by atoms with Gasteiger partial charge >= 0.3 is 0 Å². The van der Waals surface area contributed by atoms with Crippen LogP contribution in [0.2, 0.25) is 0 Å². The highest BCUT2D eigenvalue weighted by Gasteiger charge is 2.04. The van der Waals surface area contributed by atoms with Crippen molar-refractivity contribution in [2.75, 3.05) is 25.1 Å². The molecule has 0 aliphatic rings. The van der Waals surface area contributed by atoms with Gasteiger partial charge in [0, 0.05) is 19.8 Å². The van der Waals surface area contributed by atoms with Gasteiger partial charge in [0.15, 0.2) is 0 Å². The lowest BCUT2D eigenvalue weighted by molar-refractivity contribution is 0.304. The molecule has 0 spiro atoms. The van der Waals surface area contributed by atoms with Gasteiger partial charge in [-0.1, -0.05) is 6.92 Å². The zero-order chi connectivity index (χ0) is 9.68. The van der Waals surface area contributed by atoms with Crippen molar-refractivity contribution in [3.8, 4) is 0 Å². The second-order valence-electron chi connectivity index (χ2n) is 3.00. The van der Waals surface area contributed by atoms with E-state index in [0.717, 1.165) is 12.1 Å². The lowest BCUT2D eigenvalue weighted by Crippen LogP contribution is -2.22. The molecular formula is C10H16N2O. The summed E-state index contributed by atoms with van der Waals surface area (Å²) < 4.78 is 0. The molecule has 0 aliphatic carbocycles. The van der Waals surface area contributed by atoms with Gasteiger partial charge in [0.2, 0.25) is 0 Å². The molecule has 0 atom stereocenters. The maximum Gasteiger partial charge on any atom is 0.0606 e. The second-order valence-corrected chi connectivity index (χ2v) is 3.00. The molecule has 1 N–H and O–H groups in total. The average Bonchev–Trinajstić information content (AvgIpc) is 2.18. The molecule has 0 fully saturated rings. The van der Waals surface area contributed by atoms with Crippen LogP contribution < -0.4 is 4.90 Å².